The zero-order chi connectivity index (χ0) is 18.6. The molecule has 3 rings (SSSR count). The van der Waals surface area contributed by atoms with Gasteiger partial charge >= 0.3 is 11.9 Å². The fourth-order valence-electron chi connectivity index (χ4n) is 3.69. The first-order chi connectivity index (χ1) is 11.6. The highest BCUT2D eigenvalue weighted by Gasteiger charge is 2.69. The molecular weight excluding hydrogens is 324 g/mol. The van der Waals surface area contributed by atoms with Crippen LogP contribution in [0, 0.1) is 0 Å². The molecule has 5 atom stereocenters. The molecular formula is C19H24O6. The maximum atomic E-state index is 12.1. The molecule has 136 valence electrons. The number of carbonyl (C=O) groups excluding carboxylic acids is 2. The van der Waals surface area contributed by atoms with Crippen LogP contribution in [0.5, 0.6) is 0 Å². The van der Waals surface area contributed by atoms with Crippen LogP contribution in [-0.2, 0) is 23.8 Å². The minimum Gasteiger partial charge on any atom is -0.455 e. The van der Waals surface area contributed by atoms with Crippen LogP contribution < -0.4 is 0 Å². The van der Waals surface area contributed by atoms with Gasteiger partial charge in [-0.05, 0) is 33.1 Å². The van der Waals surface area contributed by atoms with Crippen LogP contribution in [0.3, 0.4) is 0 Å². The van der Waals surface area contributed by atoms with E-state index in [-0.39, 0.29) is 17.6 Å². The van der Waals surface area contributed by atoms with E-state index in [2.05, 4.69) is 19.7 Å². The van der Waals surface area contributed by atoms with E-state index in [1.807, 2.05) is 6.92 Å². The third-order valence-electron chi connectivity index (χ3n) is 5.38. The highest BCUT2D eigenvalue weighted by atomic mass is 16.7. The molecule has 1 aliphatic carbocycles. The molecule has 0 radical (unpaired) electrons. The van der Waals surface area contributed by atoms with E-state index in [0.717, 1.165) is 24.8 Å². The van der Waals surface area contributed by atoms with Crippen LogP contribution in [-0.4, -0.2) is 46.6 Å². The summed E-state index contributed by atoms with van der Waals surface area (Å²) < 4.78 is 16.7. The lowest BCUT2D eigenvalue weighted by molar-refractivity contribution is -0.166. The summed E-state index contributed by atoms with van der Waals surface area (Å²) in [5.74, 6) is -1.35. The highest BCUT2D eigenvalue weighted by molar-refractivity contribution is 5.94. The van der Waals surface area contributed by atoms with Crippen LogP contribution in [0.4, 0.5) is 0 Å². The van der Waals surface area contributed by atoms with Crippen LogP contribution in [0.25, 0.3) is 0 Å². The Bertz CT molecular complexity index is 679. The Kier molecular flexibility index (Phi) is 4.16. The van der Waals surface area contributed by atoms with Crippen LogP contribution in [0.15, 0.2) is 36.5 Å². The van der Waals surface area contributed by atoms with Crippen LogP contribution in [0.1, 0.15) is 39.5 Å². The molecule has 1 saturated carbocycles. The molecule has 6 heteroatoms. The van der Waals surface area contributed by atoms with Gasteiger partial charge in [-0.3, -0.25) is 0 Å². The van der Waals surface area contributed by atoms with Crippen molar-refractivity contribution in [2.24, 2.45) is 0 Å². The second kappa shape index (κ2) is 5.81. The normalized spacial score (nSPS) is 40.6. The van der Waals surface area contributed by atoms with Crippen molar-refractivity contribution < 1.29 is 28.9 Å². The molecule has 3 aliphatic rings. The molecule has 25 heavy (non-hydrogen) atoms. The Hall–Kier alpha value is -1.92. The molecule has 6 nitrogen and oxygen atoms in total. The molecule has 0 unspecified atom stereocenters. The van der Waals surface area contributed by atoms with Gasteiger partial charge in [-0.2, -0.15) is 0 Å². The largest absolute Gasteiger partial charge is 0.455 e. The summed E-state index contributed by atoms with van der Waals surface area (Å²) in [6.45, 7) is 14.7. The van der Waals surface area contributed by atoms with Gasteiger partial charge in [0.15, 0.2) is 11.7 Å². The molecule has 0 aromatic rings. The summed E-state index contributed by atoms with van der Waals surface area (Å²) in [7, 11) is 0. The first-order valence-electron chi connectivity index (χ1n) is 8.43. The van der Waals surface area contributed by atoms with Gasteiger partial charge in [-0.25, -0.2) is 9.59 Å². The van der Waals surface area contributed by atoms with Gasteiger partial charge in [0, 0.05) is 12.0 Å². The van der Waals surface area contributed by atoms with Crippen molar-refractivity contribution in [2.75, 3.05) is 0 Å². The summed E-state index contributed by atoms with van der Waals surface area (Å²) in [5, 5.41) is 11.4. The summed E-state index contributed by atoms with van der Waals surface area (Å²) in [6, 6.07) is 0. The molecule has 0 aromatic heterocycles. The maximum absolute atomic E-state index is 12.1. The fourth-order valence-corrected chi connectivity index (χ4v) is 3.69. The zero-order valence-electron chi connectivity index (χ0n) is 14.7. The van der Waals surface area contributed by atoms with Gasteiger partial charge in [0.25, 0.3) is 0 Å². The lowest BCUT2D eigenvalue weighted by Gasteiger charge is -2.36. The van der Waals surface area contributed by atoms with E-state index >= 15 is 0 Å². The van der Waals surface area contributed by atoms with E-state index < -0.39 is 41.5 Å². The summed E-state index contributed by atoms with van der Waals surface area (Å²) in [4.78, 5) is 24.2. The van der Waals surface area contributed by atoms with Gasteiger partial charge in [0.2, 0.25) is 0 Å². The number of carbonyl (C=O) groups is 2. The molecule has 2 saturated heterocycles. The average Bonchev–Trinajstić information content (AvgIpc) is 3.13. The van der Waals surface area contributed by atoms with E-state index in [9.17, 15) is 14.7 Å². The van der Waals surface area contributed by atoms with Crippen molar-refractivity contribution in [2.45, 2.75) is 69.0 Å². The molecule has 0 aromatic carbocycles. The van der Waals surface area contributed by atoms with Crippen molar-refractivity contribution in [1.82, 2.24) is 0 Å². The standard InChI is InChI=1S/C19H24O6/c1-10(2)16(20)23-13-9-11(3)7-6-8-18(5)14(25-18)15-19(13,22)12(4)17(21)24-15/h13-15,22H,1,3-4,6-9H2,2,5H3/t13-,14+,15+,18-,19-/m0/s1. The molecule has 0 bridgehead atoms. The number of aliphatic hydroxyl groups is 1. The van der Waals surface area contributed by atoms with Gasteiger partial charge < -0.3 is 19.3 Å². The monoisotopic (exact) mass is 348 g/mol. The molecule has 1 N–H and O–H groups in total. The SMILES string of the molecule is C=C1CCC[C@]2(C)O[C@@H]2[C@H]2OC(=O)C(=C)[C@]2(O)[C@@H](OC(=O)C(=C)C)C1. The molecule has 2 aliphatic heterocycles. The lowest BCUT2D eigenvalue weighted by Crippen LogP contribution is -2.55. The quantitative estimate of drug-likeness (QED) is 0.355. The minimum atomic E-state index is -1.86. The highest BCUT2D eigenvalue weighted by Crippen LogP contribution is 2.52. The topological polar surface area (TPSA) is 85.4 Å². The Morgan fingerprint density at radius 3 is 2.68 bits per heavy atom. The summed E-state index contributed by atoms with van der Waals surface area (Å²) >= 11 is 0. The van der Waals surface area contributed by atoms with Gasteiger partial charge in [0.1, 0.15) is 12.2 Å². The number of epoxide rings is 1. The van der Waals surface area contributed by atoms with Gasteiger partial charge in [-0.1, -0.05) is 25.3 Å². The number of rotatable bonds is 2. The van der Waals surface area contributed by atoms with Crippen molar-refractivity contribution in [3.63, 3.8) is 0 Å². The fraction of sp³-hybridized carbons (Fsp3) is 0.579. The molecule has 0 spiro atoms. The van der Waals surface area contributed by atoms with Crippen molar-refractivity contribution in [3.8, 4) is 0 Å². The first-order valence-corrected chi connectivity index (χ1v) is 8.43. The zero-order valence-corrected chi connectivity index (χ0v) is 14.7. The second-order valence-electron chi connectivity index (χ2n) is 7.46. The molecule has 2 heterocycles. The Morgan fingerprint density at radius 2 is 2.04 bits per heavy atom. The van der Waals surface area contributed by atoms with Gasteiger partial charge in [0.05, 0.1) is 11.2 Å². The van der Waals surface area contributed by atoms with Crippen molar-refractivity contribution in [3.05, 3.63) is 36.5 Å². The lowest BCUT2D eigenvalue weighted by atomic mass is 9.77. The Labute approximate surface area is 147 Å². The molecule has 0 amide bonds. The van der Waals surface area contributed by atoms with E-state index in [1.165, 1.54) is 6.92 Å². The predicted octanol–water partition coefficient (Wildman–Crippen LogP) is 1.97. The Morgan fingerprint density at radius 1 is 1.36 bits per heavy atom. The molecule has 3 fully saturated rings. The third-order valence-corrected chi connectivity index (χ3v) is 5.38. The van der Waals surface area contributed by atoms with E-state index in [4.69, 9.17) is 14.2 Å². The summed E-state index contributed by atoms with van der Waals surface area (Å²) in [5.41, 5.74) is -1.44. The number of fused-ring (bicyclic) bond motifs is 3. The van der Waals surface area contributed by atoms with Crippen molar-refractivity contribution in [1.29, 1.82) is 0 Å². The second-order valence-corrected chi connectivity index (χ2v) is 7.46. The number of ether oxygens (including phenoxy) is 3. The predicted molar refractivity (Wildman–Crippen MR) is 89.5 cm³/mol. The van der Waals surface area contributed by atoms with Crippen LogP contribution in [0.2, 0.25) is 0 Å². The minimum absolute atomic E-state index is 0.122. The summed E-state index contributed by atoms with van der Waals surface area (Å²) in [6.07, 6.45) is 0.0836. The number of hydrogen-bond acceptors (Lipinski definition) is 6. The first kappa shape index (κ1) is 17.9. The van der Waals surface area contributed by atoms with Crippen LogP contribution >= 0.6 is 0 Å². The smallest absolute Gasteiger partial charge is 0.337 e. The van der Waals surface area contributed by atoms with Gasteiger partial charge in [-0.15, -0.1) is 0 Å². The number of hydrogen-bond donors (Lipinski definition) is 1. The average molecular weight is 348 g/mol. The third kappa shape index (κ3) is 2.83. The van der Waals surface area contributed by atoms with E-state index in [0.29, 0.717) is 0 Å². The van der Waals surface area contributed by atoms with E-state index in [1.54, 1.807) is 0 Å². The Balaban J connectivity index is 2.01. The number of esters is 2. The van der Waals surface area contributed by atoms with Crippen molar-refractivity contribution >= 4 is 11.9 Å². The maximum Gasteiger partial charge on any atom is 0.337 e.